The molecule has 0 saturated carbocycles. The molecule has 4 aromatic rings. The number of nitrogen functional groups attached to an aromatic ring is 1. The van der Waals surface area contributed by atoms with Crippen molar-refractivity contribution < 1.29 is 19.1 Å². The Kier molecular flexibility index (Phi) is 8.50. The van der Waals surface area contributed by atoms with E-state index in [1.54, 1.807) is 30.3 Å². The second-order valence-corrected chi connectivity index (χ2v) is 9.11. The molecule has 10 heteroatoms. The molecule has 37 heavy (non-hydrogen) atoms. The maximum absolute atomic E-state index is 13.2. The fourth-order valence-electron chi connectivity index (χ4n) is 3.36. The molecule has 4 rings (SSSR count). The lowest BCUT2D eigenvalue weighted by Crippen LogP contribution is -2.22. The number of nitrogens with zero attached hydrogens (tertiary/aromatic N) is 1. The summed E-state index contributed by atoms with van der Waals surface area (Å²) in [5.74, 6) is -0.999. The minimum Gasteiger partial charge on any atom is -0.470 e. The van der Waals surface area contributed by atoms with Gasteiger partial charge in [-0.1, -0.05) is 77.3 Å². The maximum Gasteiger partial charge on any atom is 0.352 e. The zero-order valence-electron chi connectivity index (χ0n) is 19.2. The first-order valence-electron chi connectivity index (χ1n) is 10.9. The molecular weight excluding hydrogens is 537 g/mol. The Labute approximate surface area is 228 Å². The summed E-state index contributed by atoms with van der Waals surface area (Å²) in [5, 5.41) is 3.64. The Morgan fingerprint density at radius 3 is 2.49 bits per heavy atom. The largest absolute Gasteiger partial charge is 0.470 e. The van der Waals surface area contributed by atoms with E-state index in [1.807, 2.05) is 30.3 Å². The van der Waals surface area contributed by atoms with Crippen molar-refractivity contribution in [3.63, 3.8) is 0 Å². The normalized spacial score (nSPS) is 11.4. The quantitative estimate of drug-likeness (QED) is 0.233. The van der Waals surface area contributed by atoms with Crippen LogP contribution < -0.4 is 15.8 Å². The highest BCUT2D eigenvalue weighted by molar-refractivity contribution is 6.36. The Morgan fingerprint density at radius 2 is 1.70 bits per heavy atom. The third-order valence-corrected chi connectivity index (χ3v) is 5.92. The number of benzene rings is 3. The van der Waals surface area contributed by atoms with Crippen molar-refractivity contribution in [2.75, 3.05) is 11.1 Å². The van der Waals surface area contributed by atoms with Crippen LogP contribution in [0.5, 0.6) is 5.75 Å². The smallest absolute Gasteiger partial charge is 0.352 e. The van der Waals surface area contributed by atoms with E-state index in [9.17, 15) is 9.59 Å². The molecule has 0 saturated heterocycles. The number of carbonyl (C=O) groups excluding carboxylic acids is 2. The second kappa shape index (κ2) is 12.0. The number of esters is 1. The molecule has 1 aromatic heterocycles. The molecule has 0 radical (unpaired) electrons. The van der Waals surface area contributed by atoms with Crippen LogP contribution >= 0.6 is 34.8 Å². The number of rotatable bonds is 8. The number of aromatic nitrogens is 1. The van der Waals surface area contributed by atoms with Gasteiger partial charge in [-0.2, -0.15) is 0 Å². The van der Waals surface area contributed by atoms with Gasteiger partial charge < -0.3 is 20.5 Å². The minimum absolute atomic E-state index is 0.0342. The number of amides is 1. The number of pyridine rings is 1. The molecule has 7 nitrogen and oxygen atoms in total. The van der Waals surface area contributed by atoms with Crippen LogP contribution in [-0.2, 0) is 16.1 Å². The summed E-state index contributed by atoms with van der Waals surface area (Å²) in [6, 6.07) is 21.8. The molecular formula is C27H20Cl3N3O4. The fourth-order valence-corrected chi connectivity index (χ4v) is 3.88. The lowest BCUT2D eigenvalue weighted by molar-refractivity contribution is -0.153. The van der Waals surface area contributed by atoms with Gasteiger partial charge in [-0.3, -0.25) is 4.79 Å². The van der Waals surface area contributed by atoms with E-state index in [1.165, 1.54) is 24.4 Å². The molecule has 1 amide bonds. The fraction of sp³-hybridized carbons (Fsp3) is 0.0741. The van der Waals surface area contributed by atoms with E-state index in [2.05, 4.69) is 10.3 Å². The van der Waals surface area contributed by atoms with E-state index in [0.717, 1.165) is 5.56 Å². The molecule has 1 heterocycles. The Morgan fingerprint density at radius 1 is 0.919 bits per heavy atom. The molecule has 0 aliphatic rings. The van der Waals surface area contributed by atoms with Gasteiger partial charge in [-0.25, -0.2) is 9.78 Å². The average Bonchev–Trinajstić information content (AvgIpc) is 2.89. The number of anilines is 2. The van der Waals surface area contributed by atoms with Crippen LogP contribution in [0.1, 0.15) is 27.6 Å². The second-order valence-electron chi connectivity index (χ2n) is 7.83. The van der Waals surface area contributed by atoms with Crippen LogP contribution in [0.25, 0.3) is 0 Å². The van der Waals surface area contributed by atoms with Crippen molar-refractivity contribution in [3.8, 4) is 5.75 Å². The number of carbonyl (C=O) groups is 2. The molecule has 188 valence electrons. The molecule has 3 aromatic carbocycles. The number of hydrogen-bond donors (Lipinski definition) is 2. The summed E-state index contributed by atoms with van der Waals surface area (Å²) >= 11 is 18.2. The monoisotopic (exact) mass is 555 g/mol. The highest BCUT2D eigenvalue weighted by Gasteiger charge is 2.26. The molecule has 0 unspecified atom stereocenters. The molecule has 0 aliphatic carbocycles. The highest BCUT2D eigenvalue weighted by atomic mass is 35.5. The van der Waals surface area contributed by atoms with Gasteiger partial charge in [-0.05, 0) is 35.9 Å². The topological polar surface area (TPSA) is 104 Å². The number of nitrogens with one attached hydrogen (secondary N) is 1. The Balaban J connectivity index is 1.61. The minimum atomic E-state index is -1.24. The van der Waals surface area contributed by atoms with Crippen LogP contribution in [0.4, 0.5) is 11.5 Å². The van der Waals surface area contributed by atoms with Crippen LogP contribution in [0, 0.1) is 0 Å². The van der Waals surface area contributed by atoms with Crippen molar-refractivity contribution in [1.82, 2.24) is 4.98 Å². The van der Waals surface area contributed by atoms with Gasteiger partial charge in [0, 0.05) is 28.5 Å². The number of halogens is 3. The van der Waals surface area contributed by atoms with E-state index in [4.69, 9.17) is 50.0 Å². The summed E-state index contributed by atoms with van der Waals surface area (Å²) in [5.41, 5.74) is 7.73. The lowest BCUT2D eigenvalue weighted by Gasteiger charge is -2.20. The van der Waals surface area contributed by atoms with E-state index in [-0.39, 0.29) is 33.8 Å². The first-order chi connectivity index (χ1) is 17.8. The van der Waals surface area contributed by atoms with Gasteiger partial charge in [0.05, 0.1) is 15.6 Å². The van der Waals surface area contributed by atoms with Crippen LogP contribution in [0.3, 0.4) is 0 Å². The number of nitrogens with two attached hydrogens (primary N) is 1. The summed E-state index contributed by atoms with van der Waals surface area (Å²) in [6.45, 7) is 0.0342. The van der Waals surface area contributed by atoms with Crippen LogP contribution in [-0.4, -0.2) is 16.9 Å². The van der Waals surface area contributed by atoms with Gasteiger partial charge in [0.1, 0.15) is 6.61 Å². The number of ether oxygens (including phenoxy) is 2. The summed E-state index contributed by atoms with van der Waals surface area (Å²) < 4.78 is 11.5. The highest BCUT2D eigenvalue weighted by Crippen LogP contribution is 2.31. The predicted molar refractivity (Wildman–Crippen MR) is 144 cm³/mol. The van der Waals surface area contributed by atoms with Gasteiger partial charge in [0.15, 0.2) is 11.6 Å². The molecule has 3 N–H and O–H groups in total. The number of hydrogen-bond acceptors (Lipinski definition) is 6. The molecule has 0 spiro atoms. The molecule has 0 fully saturated rings. The SMILES string of the molecule is Nc1ncc(Cl)cc1O[C@@H](C(=O)OCc1ccccc1)c1cccc(NC(=O)c2cc(Cl)ccc2Cl)c1. The van der Waals surface area contributed by atoms with E-state index < -0.39 is 18.0 Å². The third kappa shape index (κ3) is 6.92. The third-order valence-electron chi connectivity index (χ3n) is 5.15. The van der Waals surface area contributed by atoms with Crippen molar-refractivity contribution in [3.05, 3.63) is 117 Å². The van der Waals surface area contributed by atoms with Gasteiger partial charge in [-0.15, -0.1) is 0 Å². The van der Waals surface area contributed by atoms with Crippen molar-refractivity contribution in [2.24, 2.45) is 0 Å². The Hall–Kier alpha value is -3.78. The van der Waals surface area contributed by atoms with E-state index >= 15 is 0 Å². The summed E-state index contributed by atoms with van der Waals surface area (Å²) in [6.07, 6.45) is 0.127. The predicted octanol–water partition coefficient (Wildman–Crippen LogP) is 6.74. The van der Waals surface area contributed by atoms with Crippen LogP contribution in [0.15, 0.2) is 85.1 Å². The first kappa shape index (κ1) is 26.3. The molecule has 1 atom stereocenters. The van der Waals surface area contributed by atoms with Gasteiger partial charge >= 0.3 is 5.97 Å². The first-order valence-corrected chi connectivity index (χ1v) is 12.1. The average molecular weight is 557 g/mol. The zero-order valence-corrected chi connectivity index (χ0v) is 21.4. The van der Waals surface area contributed by atoms with E-state index in [0.29, 0.717) is 16.3 Å². The molecule has 0 bridgehead atoms. The van der Waals surface area contributed by atoms with Crippen LogP contribution in [0.2, 0.25) is 15.1 Å². The lowest BCUT2D eigenvalue weighted by atomic mass is 10.1. The van der Waals surface area contributed by atoms with Crippen molar-refractivity contribution in [2.45, 2.75) is 12.7 Å². The van der Waals surface area contributed by atoms with Gasteiger partial charge in [0.25, 0.3) is 5.91 Å². The summed E-state index contributed by atoms with van der Waals surface area (Å²) in [7, 11) is 0. The maximum atomic E-state index is 13.2. The van der Waals surface area contributed by atoms with Gasteiger partial charge in [0.2, 0.25) is 6.10 Å². The standard InChI is InChI=1S/C27H20Cl3N3O4/c28-18-9-10-22(30)21(12-18)26(34)33-20-8-4-7-17(11-20)24(37-23-13-19(29)14-32-25(23)31)27(35)36-15-16-5-2-1-3-6-16/h1-14,24H,15H2,(H2,31,32)(H,33,34)/t24-/m1/s1. The Bertz CT molecular complexity index is 1430. The van der Waals surface area contributed by atoms with Crippen molar-refractivity contribution in [1.29, 1.82) is 0 Å². The zero-order chi connectivity index (χ0) is 26.4. The van der Waals surface area contributed by atoms with Crippen molar-refractivity contribution >= 4 is 58.2 Å². The molecule has 0 aliphatic heterocycles. The summed E-state index contributed by atoms with van der Waals surface area (Å²) in [4.78, 5) is 30.0.